The highest BCUT2D eigenvalue weighted by Gasteiger charge is 2.34. The summed E-state index contributed by atoms with van der Waals surface area (Å²) in [4.78, 5) is 28.4. The van der Waals surface area contributed by atoms with E-state index in [0.717, 1.165) is 18.5 Å². The third kappa shape index (κ3) is 2.81. The van der Waals surface area contributed by atoms with Crippen LogP contribution in [0.3, 0.4) is 0 Å². The topological polar surface area (TPSA) is 70.5 Å². The van der Waals surface area contributed by atoms with E-state index in [1.165, 1.54) is 4.90 Å². The van der Waals surface area contributed by atoms with Gasteiger partial charge in [-0.05, 0) is 31.9 Å². The number of hydrogen-bond acceptors (Lipinski definition) is 3. The van der Waals surface area contributed by atoms with Gasteiger partial charge in [0.15, 0.2) is 0 Å². The van der Waals surface area contributed by atoms with Gasteiger partial charge in [-0.3, -0.25) is 9.59 Å². The largest absolute Gasteiger partial charge is 0.480 e. The molecule has 1 heterocycles. The molecule has 1 aliphatic rings. The minimum atomic E-state index is -0.988. The number of amides is 1. The molecular formula is C12H14N2O3. The minimum absolute atomic E-state index is 0.0703. The zero-order valence-electron chi connectivity index (χ0n) is 9.59. The van der Waals surface area contributed by atoms with Crippen molar-refractivity contribution in [2.24, 2.45) is 0 Å². The normalized spacial score (nSPS) is 14.4. The van der Waals surface area contributed by atoms with E-state index in [-0.39, 0.29) is 18.5 Å². The molecular weight excluding hydrogens is 220 g/mol. The minimum Gasteiger partial charge on any atom is -0.480 e. The number of aromatic nitrogens is 1. The number of aryl methyl sites for hydroxylation is 1. The lowest BCUT2D eigenvalue weighted by Crippen LogP contribution is -2.37. The van der Waals surface area contributed by atoms with E-state index < -0.39 is 5.97 Å². The van der Waals surface area contributed by atoms with Gasteiger partial charge >= 0.3 is 5.97 Å². The van der Waals surface area contributed by atoms with Crippen molar-refractivity contribution >= 4 is 11.9 Å². The Morgan fingerprint density at radius 2 is 2.18 bits per heavy atom. The molecule has 0 radical (unpaired) electrons. The third-order valence-electron chi connectivity index (χ3n) is 2.66. The lowest BCUT2D eigenvalue weighted by Gasteiger charge is -2.19. The fourth-order valence-corrected chi connectivity index (χ4v) is 1.71. The second kappa shape index (κ2) is 4.53. The predicted molar refractivity (Wildman–Crippen MR) is 60.7 cm³/mol. The van der Waals surface area contributed by atoms with E-state index in [1.54, 1.807) is 25.1 Å². The van der Waals surface area contributed by atoms with Gasteiger partial charge in [0.25, 0.3) is 5.91 Å². The molecule has 1 N–H and O–H groups in total. The van der Waals surface area contributed by atoms with Crippen molar-refractivity contribution in [1.82, 2.24) is 9.88 Å². The van der Waals surface area contributed by atoms with Crippen LogP contribution in [0.25, 0.3) is 0 Å². The quantitative estimate of drug-likeness (QED) is 0.846. The van der Waals surface area contributed by atoms with Crippen LogP contribution >= 0.6 is 0 Å². The fraction of sp³-hybridized carbons (Fsp3) is 0.417. The molecule has 2 rings (SSSR count). The highest BCUT2D eigenvalue weighted by Crippen LogP contribution is 2.27. The Hall–Kier alpha value is -1.91. The maximum absolute atomic E-state index is 12.1. The molecule has 0 spiro atoms. The molecule has 5 heteroatoms. The maximum atomic E-state index is 12.1. The number of rotatable bonds is 4. The summed E-state index contributed by atoms with van der Waals surface area (Å²) in [6, 6.07) is 5.24. The van der Waals surface area contributed by atoms with Crippen molar-refractivity contribution in [3.8, 4) is 0 Å². The molecule has 0 atom stereocenters. The summed E-state index contributed by atoms with van der Waals surface area (Å²) in [6.45, 7) is 1.55. The van der Waals surface area contributed by atoms with Gasteiger partial charge in [0.2, 0.25) is 0 Å². The summed E-state index contributed by atoms with van der Waals surface area (Å²) in [5.41, 5.74) is 1.07. The number of carboxylic acids is 1. The number of carbonyl (C=O) groups is 2. The zero-order valence-corrected chi connectivity index (χ0v) is 9.59. The van der Waals surface area contributed by atoms with E-state index >= 15 is 0 Å². The first-order chi connectivity index (χ1) is 8.08. The molecule has 5 nitrogen and oxygen atoms in total. The summed E-state index contributed by atoms with van der Waals surface area (Å²) in [6.07, 6.45) is 1.76. The van der Waals surface area contributed by atoms with Crippen LogP contribution in [-0.2, 0) is 4.79 Å². The SMILES string of the molecule is Cc1cccc(C(=O)N(CC(=O)O)C2CC2)n1. The Kier molecular flexibility index (Phi) is 3.08. The van der Waals surface area contributed by atoms with Crippen LogP contribution in [-0.4, -0.2) is 39.5 Å². The van der Waals surface area contributed by atoms with E-state index in [1.807, 2.05) is 0 Å². The average Bonchev–Trinajstić information content (AvgIpc) is 3.08. The van der Waals surface area contributed by atoms with Crippen molar-refractivity contribution in [3.63, 3.8) is 0 Å². The van der Waals surface area contributed by atoms with Crippen LogP contribution in [0.4, 0.5) is 0 Å². The number of aliphatic carboxylic acids is 1. The Balaban J connectivity index is 2.18. The number of hydrogen-bond donors (Lipinski definition) is 1. The first-order valence-electron chi connectivity index (χ1n) is 5.54. The first kappa shape index (κ1) is 11.6. The highest BCUT2D eigenvalue weighted by molar-refractivity contribution is 5.94. The van der Waals surface area contributed by atoms with Gasteiger partial charge < -0.3 is 10.0 Å². The van der Waals surface area contributed by atoms with Gasteiger partial charge in [-0.15, -0.1) is 0 Å². The standard InChI is InChI=1S/C12H14N2O3/c1-8-3-2-4-10(13-8)12(17)14(7-11(15)16)9-5-6-9/h2-4,9H,5-7H2,1H3,(H,15,16). The molecule has 1 saturated carbocycles. The van der Waals surface area contributed by atoms with Gasteiger partial charge in [-0.2, -0.15) is 0 Å². The fourth-order valence-electron chi connectivity index (χ4n) is 1.71. The molecule has 1 aromatic rings. The van der Waals surface area contributed by atoms with Gasteiger partial charge in [0.05, 0.1) is 0 Å². The molecule has 0 aliphatic heterocycles. The van der Waals surface area contributed by atoms with E-state index in [4.69, 9.17) is 5.11 Å². The smallest absolute Gasteiger partial charge is 0.323 e. The Labute approximate surface area is 99.1 Å². The molecule has 1 aliphatic carbocycles. The van der Waals surface area contributed by atoms with Crippen molar-refractivity contribution in [3.05, 3.63) is 29.6 Å². The predicted octanol–water partition coefficient (Wildman–Crippen LogP) is 1.08. The molecule has 1 aromatic heterocycles. The molecule has 17 heavy (non-hydrogen) atoms. The van der Waals surface area contributed by atoms with E-state index in [9.17, 15) is 9.59 Å². The molecule has 0 aromatic carbocycles. The number of carboxylic acid groups (broad SMARTS) is 1. The Morgan fingerprint density at radius 1 is 1.47 bits per heavy atom. The Bertz CT molecular complexity index is 455. The maximum Gasteiger partial charge on any atom is 0.323 e. The van der Waals surface area contributed by atoms with Crippen LogP contribution in [0.15, 0.2) is 18.2 Å². The van der Waals surface area contributed by atoms with Crippen LogP contribution in [0, 0.1) is 6.92 Å². The molecule has 90 valence electrons. The number of carbonyl (C=O) groups excluding carboxylic acids is 1. The van der Waals surface area contributed by atoms with Crippen LogP contribution in [0.2, 0.25) is 0 Å². The van der Waals surface area contributed by atoms with Gasteiger partial charge in [-0.25, -0.2) is 4.98 Å². The van der Waals surface area contributed by atoms with E-state index in [2.05, 4.69) is 4.98 Å². The summed E-state index contributed by atoms with van der Waals surface area (Å²) >= 11 is 0. The lowest BCUT2D eigenvalue weighted by molar-refractivity contribution is -0.137. The summed E-state index contributed by atoms with van der Waals surface area (Å²) in [5, 5.41) is 8.80. The number of nitrogens with zero attached hydrogens (tertiary/aromatic N) is 2. The second-order valence-electron chi connectivity index (χ2n) is 4.22. The van der Waals surface area contributed by atoms with Crippen molar-refractivity contribution in [2.45, 2.75) is 25.8 Å². The van der Waals surface area contributed by atoms with Crippen LogP contribution in [0.1, 0.15) is 29.0 Å². The van der Waals surface area contributed by atoms with Crippen molar-refractivity contribution in [1.29, 1.82) is 0 Å². The van der Waals surface area contributed by atoms with Gasteiger partial charge in [-0.1, -0.05) is 6.07 Å². The van der Waals surface area contributed by atoms with Gasteiger partial charge in [0, 0.05) is 11.7 Å². The first-order valence-corrected chi connectivity index (χ1v) is 5.54. The van der Waals surface area contributed by atoms with Crippen LogP contribution in [0.5, 0.6) is 0 Å². The van der Waals surface area contributed by atoms with Crippen molar-refractivity contribution in [2.75, 3.05) is 6.54 Å². The molecule has 1 fully saturated rings. The summed E-state index contributed by atoms with van der Waals surface area (Å²) in [7, 11) is 0. The van der Waals surface area contributed by atoms with E-state index in [0.29, 0.717) is 5.69 Å². The average molecular weight is 234 g/mol. The molecule has 0 unspecified atom stereocenters. The van der Waals surface area contributed by atoms with Crippen LogP contribution < -0.4 is 0 Å². The molecule has 1 amide bonds. The third-order valence-corrected chi connectivity index (χ3v) is 2.66. The number of pyridine rings is 1. The van der Waals surface area contributed by atoms with Crippen molar-refractivity contribution < 1.29 is 14.7 Å². The second-order valence-corrected chi connectivity index (χ2v) is 4.22. The summed E-state index contributed by atoms with van der Waals surface area (Å²) < 4.78 is 0. The lowest BCUT2D eigenvalue weighted by atomic mass is 10.2. The van der Waals surface area contributed by atoms with Gasteiger partial charge in [0.1, 0.15) is 12.2 Å². The highest BCUT2D eigenvalue weighted by atomic mass is 16.4. The molecule has 0 saturated heterocycles. The molecule has 0 bridgehead atoms. The Morgan fingerprint density at radius 3 is 2.71 bits per heavy atom. The summed E-state index contributed by atoms with van der Waals surface area (Å²) in [5.74, 6) is -1.28. The zero-order chi connectivity index (χ0) is 12.4. The monoisotopic (exact) mass is 234 g/mol.